The second-order valence-electron chi connectivity index (χ2n) is 12.8. The summed E-state index contributed by atoms with van der Waals surface area (Å²) < 4.78 is 6.54. The first kappa shape index (κ1) is 28.4. The molecule has 2 heteroatoms. The molecule has 0 amide bonds. The number of benzene rings is 7. The molecule has 230 valence electrons. The maximum Gasteiger partial charge on any atom is 0.135 e. The summed E-state index contributed by atoms with van der Waals surface area (Å²) in [6.45, 7) is 0. The van der Waals surface area contributed by atoms with Gasteiger partial charge in [-0.2, -0.15) is 0 Å². The zero-order valence-electron chi connectivity index (χ0n) is 26.8. The molecule has 8 aromatic rings. The lowest BCUT2D eigenvalue weighted by molar-refractivity contribution is 0.666. The molecular weight excluding hydrogens is 583 g/mol. The Bertz CT molecular complexity index is 2290. The molecule has 0 saturated heterocycles. The van der Waals surface area contributed by atoms with Crippen molar-refractivity contribution in [3.8, 4) is 33.4 Å². The van der Waals surface area contributed by atoms with Crippen LogP contribution in [0.15, 0.2) is 168 Å². The molecule has 0 radical (unpaired) electrons. The second-order valence-corrected chi connectivity index (χ2v) is 12.8. The highest BCUT2D eigenvalue weighted by Gasteiger charge is 2.19. The van der Waals surface area contributed by atoms with Gasteiger partial charge in [-0.25, -0.2) is 0 Å². The number of furan rings is 1. The smallest absolute Gasteiger partial charge is 0.135 e. The van der Waals surface area contributed by atoms with Crippen molar-refractivity contribution in [2.24, 2.45) is 0 Å². The third-order valence-electron chi connectivity index (χ3n) is 9.85. The van der Waals surface area contributed by atoms with E-state index in [1.807, 2.05) is 0 Å². The zero-order valence-corrected chi connectivity index (χ0v) is 26.8. The van der Waals surface area contributed by atoms with Crippen molar-refractivity contribution in [1.82, 2.24) is 0 Å². The summed E-state index contributed by atoms with van der Waals surface area (Å²) in [6, 6.07) is 59.2. The third-order valence-corrected chi connectivity index (χ3v) is 9.85. The summed E-state index contributed by atoms with van der Waals surface area (Å²) in [5.41, 5.74) is 15.5. The van der Waals surface area contributed by atoms with Gasteiger partial charge in [0.25, 0.3) is 0 Å². The van der Waals surface area contributed by atoms with Gasteiger partial charge in [-0.1, -0.05) is 109 Å². The minimum absolute atomic E-state index is 0.916. The van der Waals surface area contributed by atoms with Gasteiger partial charge in [0.15, 0.2) is 0 Å². The van der Waals surface area contributed by atoms with Crippen LogP contribution >= 0.6 is 0 Å². The minimum Gasteiger partial charge on any atom is -0.456 e. The Morgan fingerprint density at radius 1 is 0.375 bits per heavy atom. The fourth-order valence-electron chi connectivity index (χ4n) is 7.40. The van der Waals surface area contributed by atoms with E-state index in [0.717, 1.165) is 46.5 Å². The number of hydrogen-bond donors (Lipinski definition) is 0. The maximum absolute atomic E-state index is 6.54. The van der Waals surface area contributed by atoms with Crippen molar-refractivity contribution in [3.63, 3.8) is 0 Å². The van der Waals surface area contributed by atoms with Crippen molar-refractivity contribution in [2.45, 2.75) is 25.7 Å². The SMILES string of the molecule is c1ccc(-c2ccc(N(c3ccc(-c4ccccc4)cc3)c3ccc4oc5cc6c(cc5c4c3)-c3ccccc3CCCC6)cc2)cc1. The zero-order chi connectivity index (χ0) is 31.9. The monoisotopic (exact) mass is 617 g/mol. The average molecular weight is 618 g/mol. The second kappa shape index (κ2) is 12.1. The number of rotatable bonds is 5. The highest BCUT2D eigenvalue weighted by atomic mass is 16.3. The molecule has 1 heterocycles. The van der Waals surface area contributed by atoms with Crippen LogP contribution in [0.3, 0.4) is 0 Å². The molecule has 0 aliphatic heterocycles. The number of anilines is 3. The highest BCUT2D eigenvalue weighted by molar-refractivity contribution is 6.08. The maximum atomic E-state index is 6.54. The van der Waals surface area contributed by atoms with Crippen LogP contribution in [0.4, 0.5) is 17.1 Å². The molecule has 0 spiro atoms. The van der Waals surface area contributed by atoms with E-state index in [-0.39, 0.29) is 0 Å². The minimum atomic E-state index is 0.916. The summed E-state index contributed by atoms with van der Waals surface area (Å²) in [5.74, 6) is 0. The molecule has 9 rings (SSSR count). The van der Waals surface area contributed by atoms with E-state index in [1.54, 1.807) is 0 Å². The quantitative estimate of drug-likeness (QED) is 0.191. The molecular formula is C46H35NO. The Kier molecular flexibility index (Phi) is 7.13. The van der Waals surface area contributed by atoms with Crippen molar-refractivity contribution < 1.29 is 4.42 Å². The Balaban J connectivity index is 1.19. The molecule has 1 aliphatic rings. The Labute approximate surface area is 281 Å². The van der Waals surface area contributed by atoms with Gasteiger partial charge >= 0.3 is 0 Å². The van der Waals surface area contributed by atoms with Gasteiger partial charge in [0.1, 0.15) is 11.2 Å². The van der Waals surface area contributed by atoms with Gasteiger partial charge < -0.3 is 9.32 Å². The fraction of sp³-hybridized carbons (Fsp3) is 0.0870. The molecule has 48 heavy (non-hydrogen) atoms. The lowest BCUT2D eigenvalue weighted by Gasteiger charge is -2.26. The lowest BCUT2D eigenvalue weighted by Crippen LogP contribution is -2.09. The molecule has 0 bridgehead atoms. The van der Waals surface area contributed by atoms with Gasteiger partial charge in [0.05, 0.1) is 0 Å². The largest absolute Gasteiger partial charge is 0.456 e. The van der Waals surface area contributed by atoms with Gasteiger partial charge in [0.2, 0.25) is 0 Å². The van der Waals surface area contributed by atoms with E-state index in [2.05, 4.69) is 169 Å². The van der Waals surface area contributed by atoms with Crippen molar-refractivity contribution in [1.29, 1.82) is 0 Å². The van der Waals surface area contributed by atoms with Crippen molar-refractivity contribution in [3.05, 3.63) is 175 Å². The standard InChI is InChI=1S/C46H35NO/c1-3-11-32(12-4-1)34-19-23-38(24-20-34)47(39-25-21-35(22-26-39)33-13-5-2-6-14-33)40-27-28-45-43(30-40)44-31-42-37(29-46(44)48-45)17-8-7-15-36-16-9-10-18-41(36)42/h1-6,9-14,16,18-31H,7-8,15,17H2. The van der Waals surface area contributed by atoms with E-state index in [4.69, 9.17) is 4.42 Å². The van der Waals surface area contributed by atoms with Crippen molar-refractivity contribution in [2.75, 3.05) is 4.90 Å². The van der Waals surface area contributed by atoms with Crippen LogP contribution in [-0.2, 0) is 12.8 Å². The van der Waals surface area contributed by atoms with Crippen LogP contribution in [0.5, 0.6) is 0 Å². The summed E-state index contributed by atoms with van der Waals surface area (Å²) in [6.07, 6.45) is 4.61. The summed E-state index contributed by atoms with van der Waals surface area (Å²) in [7, 11) is 0. The van der Waals surface area contributed by atoms with Crippen molar-refractivity contribution >= 4 is 39.0 Å². The van der Waals surface area contributed by atoms with E-state index in [9.17, 15) is 0 Å². The predicted octanol–water partition coefficient (Wildman–Crippen LogP) is 12.9. The number of nitrogens with zero attached hydrogens (tertiary/aromatic N) is 1. The molecule has 0 N–H and O–H groups in total. The topological polar surface area (TPSA) is 16.4 Å². The van der Waals surface area contributed by atoms with Crippen LogP contribution in [0.2, 0.25) is 0 Å². The van der Waals surface area contributed by atoms with Crippen LogP contribution in [-0.4, -0.2) is 0 Å². The van der Waals surface area contributed by atoms with E-state index >= 15 is 0 Å². The summed E-state index contributed by atoms with van der Waals surface area (Å²) >= 11 is 0. The van der Waals surface area contributed by atoms with Crippen LogP contribution in [0, 0.1) is 0 Å². The van der Waals surface area contributed by atoms with Crippen LogP contribution < -0.4 is 4.90 Å². The molecule has 0 atom stereocenters. The highest BCUT2D eigenvalue weighted by Crippen LogP contribution is 2.42. The predicted molar refractivity (Wildman–Crippen MR) is 201 cm³/mol. The van der Waals surface area contributed by atoms with Gasteiger partial charge in [-0.15, -0.1) is 0 Å². The molecule has 0 fully saturated rings. The Hall–Kier alpha value is -5.86. The van der Waals surface area contributed by atoms with Gasteiger partial charge in [-0.05, 0) is 125 Å². The first-order valence-electron chi connectivity index (χ1n) is 17.0. The number of fused-ring (bicyclic) bond motifs is 6. The molecule has 7 aromatic carbocycles. The first-order chi connectivity index (χ1) is 23.8. The van der Waals surface area contributed by atoms with Crippen LogP contribution in [0.25, 0.3) is 55.3 Å². The van der Waals surface area contributed by atoms with E-state index in [1.165, 1.54) is 62.7 Å². The fourth-order valence-corrected chi connectivity index (χ4v) is 7.40. The molecule has 1 aromatic heterocycles. The number of aryl methyl sites for hydroxylation is 2. The Morgan fingerprint density at radius 3 is 1.54 bits per heavy atom. The number of hydrogen-bond acceptors (Lipinski definition) is 2. The summed E-state index contributed by atoms with van der Waals surface area (Å²) in [5, 5.41) is 2.30. The van der Waals surface area contributed by atoms with E-state index in [0.29, 0.717) is 0 Å². The summed E-state index contributed by atoms with van der Waals surface area (Å²) in [4.78, 5) is 2.35. The first-order valence-corrected chi connectivity index (χ1v) is 17.0. The van der Waals surface area contributed by atoms with Gasteiger partial charge in [0, 0.05) is 27.8 Å². The van der Waals surface area contributed by atoms with Gasteiger partial charge in [-0.3, -0.25) is 0 Å². The lowest BCUT2D eigenvalue weighted by atomic mass is 9.87. The normalized spacial score (nSPS) is 12.7. The van der Waals surface area contributed by atoms with E-state index < -0.39 is 0 Å². The average Bonchev–Trinajstić information content (AvgIpc) is 3.50. The third kappa shape index (κ3) is 5.16. The Morgan fingerprint density at radius 2 is 0.896 bits per heavy atom. The molecule has 1 aliphatic carbocycles. The molecule has 0 saturated carbocycles. The van der Waals surface area contributed by atoms with Crippen LogP contribution in [0.1, 0.15) is 24.0 Å². The molecule has 2 nitrogen and oxygen atoms in total. The molecule has 0 unspecified atom stereocenters.